The molecule has 4 nitrogen and oxygen atoms in total. The van der Waals surface area contributed by atoms with Crippen molar-refractivity contribution in [3.63, 3.8) is 0 Å². The molecule has 108 valence electrons. The Balaban J connectivity index is 1.58. The molecule has 1 aliphatic heterocycles. The maximum atomic E-state index is 5.44. The van der Waals surface area contributed by atoms with Crippen molar-refractivity contribution in [2.45, 2.75) is 25.8 Å². The first-order valence-corrected chi connectivity index (χ1v) is 7.19. The van der Waals surface area contributed by atoms with Gasteiger partial charge in [0.1, 0.15) is 0 Å². The molecule has 1 aromatic carbocycles. The summed E-state index contributed by atoms with van der Waals surface area (Å²) < 4.78 is 16.2. The molecule has 0 bridgehead atoms. The molecule has 2 aliphatic rings. The van der Waals surface area contributed by atoms with E-state index < -0.39 is 0 Å². The first-order chi connectivity index (χ1) is 9.86. The fourth-order valence-electron chi connectivity index (χ4n) is 2.75. The Morgan fingerprint density at radius 3 is 3.05 bits per heavy atom. The number of fused-ring (bicyclic) bond motifs is 1. The molecule has 0 spiro atoms. The summed E-state index contributed by atoms with van der Waals surface area (Å²) in [5.41, 5.74) is 1.16. The first kappa shape index (κ1) is 13.3. The molecule has 0 saturated carbocycles. The highest BCUT2D eigenvalue weighted by molar-refractivity contribution is 5.55. The van der Waals surface area contributed by atoms with Gasteiger partial charge in [0.15, 0.2) is 11.5 Å². The Morgan fingerprint density at radius 2 is 2.25 bits per heavy atom. The number of ether oxygens (including phenoxy) is 3. The summed E-state index contributed by atoms with van der Waals surface area (Å²) in [6, 6.07) is 4.04. The number of methoxy groups -OCH3 is 1. The van der Waals surface area contributed by atoms with Crippen LogP contribution in [0.2, 0.25) is 0 Å². The number of rotatable bonds is 5. The summed E-state index contributed by atoms with van der Waals surface area (Å²) in [6.07, 6.45) is 8.26. The maximum absolute atomic E-state index is 5.44. The van der Waals surface area contributed by atoms with Crippen LogP contribution in [0.15, 0.2) is 24.3 Å². The smallest absolute Gasteiger partial charge is 0.231 e. The van der Waals surface area contributed by atoms with Crippen LogP contribution in [0.1, 0.15) is 24.8 Å². The van der Waals surface area contributed by atoms with E-state index in [1.807, 2.05) is 12.1 Å². The zero-order valence-electron chi connectivity index (χ0n) is 11.9. The van der Waals surface area contributed by atoms with Gasteiger partial charge < -0.3 is 19.5 Å². The summed E-state index contributed by atoms with van der Waals surface area (Å²) in [6.45, 7) is 2.16. The number of allylic oxidation sites excluding steroid dienone is 2. The molecule has 1 atom stereocenters. The molecule has 0 radical (unpaired) electrons. The van der Waals surface area contributed by atoms with Crippen LogP contribution in [0.5, 0.6) is 17.2 Å². The Hall–Kier alpha value is -1.68. The molecule has 1 unspecified atom stereocenters. The number of benzene rings is 1. The van der Waals surface area contributed by atoms with Gasteiger partial charge in [0.25, 0.3) is 0 Å². The quantitative estimate of drug-likeness (QED) is 0.839. The molecule has 3 rings (SSSR count). The van der Waals surface area contributed by atoms with Crippen molar-refractivity contribution in [1.82, 2.24) is 5.32 Å². The zero-order chi connectivity index (χ0) is 13.8. The van der Waals surface area contributed by atoms with Crippen molar-refractivity contribution >= 4 is 0 Å². The Bertz CT molecular complexity index is 499. The van der Waals surface area contributed by atoms with E-state index in [4.69, 9.17) is 14.2 Å². The lowest BCUT2D eigenvalue weighted by molar-refractivity contribution is 0.171. The molecular weight excluding hydrogens is 254 g/mol. The van der Waals surface area contributed by atoms with Crippen LogP contribution in [-0.4, -0.2) is 20.4 Å². The standard InChI is InChI=1S/C16H21NO3/c1-18-14-7-13(8-15-16(14)20-11-19-15)10-17-9-12-5-3-2-4-6-12/h2-3,7-8,12,17H,4-6,9-11H2,1H3. The minimum atomic E-state index is 0.275. The highest BCUT2D eigenvalue weighted by atomic mass is 16.7. The predicted molar refractivity (Wildman–Crippen MR) is 77.3 cm³/mol. The van der Waals surface area contributed by atoms with Gasteiger partial charge in [-0.15, -0.1) is 0 Å². The van der Waals surface area contributed by atoms with Gasteiger partial charge in [-0.25, -0.2) is 0 Å². The van der Waals surface area contributed by atoms with Gasteiger partial charge in [-0.05, 0) is 49.4 Å². The van der Waals surface area contributed by atoms with E-state index in [1.54, 1.807) is 7.11 Å². The molecule has 1 heterocycles. The van der Waals surface area contributed by atoms with Crippen molar-refractivity contribution in [3.05, 3.63) is 29.8 Å². The molecule has 0 fully saturated rings. The van der Waals surface area contributed by atoms with E-state index in [2.05, 4.69) is 17.5 Å². The monoisotopic (exact) mass is 275 g/mol. The van der Waals surface area contributed by atoms with Crippen LogP contribution in [0.25, 0.3) is 0 Å². The molecule has 0 amide bonds. The Kier molecular flexibility index (Phi) is 4.11. The van der Waals surface area contributed by atoms with Gasteiger partial charge in [0.05, 0.1) is 7.11 Å². The van der Waals surface area contributed by atoms with Crippen molar-refractivity contribution in [3.8, 4) is 17.2 Å². The molecular formula is C16H21NO3. The summed E-state index contributed by atoms with van der Waals surface area (Å²) in [4.78, 5) is 0. The molecule has 4 heteroatoms. The first-order valence-electron chi connectivity index (χ1n) is 7.19. The lowest BCUT2D eigenvalue weighted by Gasteiger charge is -2.18. The molecule has 1 aliphatic carbocycles. The van der Waals surface area contributed by atoms with Gasteiger partial charge in [-0.2, -0.15) is 0 Å². The average molecular weight is 275 g/mol. The second-order valence-electron chi connectivity index (χ2n) is 5.31. The van der Waals surface area contributed by atoms with Crippen LogP contribution >= 0.6 is 0 Å². The van der Waals surface area contributed by atoms with Crippen molar-refractivity contribution in [2.24, 2.45) is 5.92 Å². The second-order valence-corrected chi connectivity index (χ2v) is 5.31. The van der Waals surface area contributed by atoms with E-state index in [1.165, 1.54) is 19.3 Å². The van der Waals surface area contributed by atoms with Crippen LogP contribution in [-0.2, 0) is 6.54 Å². The minimum absolute atomic E-state index is 0.275. The fourth-order valence-corrected chi connectivity index (χ4v) is 2.75. The van der Waals surface area contributed by atoms with Crippen LogP contribution < -0.4 is 19.5 Å². The average Bonchev–Trinajstić information content (AvgIpc) is 2.96. The minimum Gasteiger partial charge on any atom is -0.493 e. The van der Waals surface area contributed by atoms with E-state index in [-0.39, 0.29) is 6.79 Å². The largest absolute Gasteiger partial charge is 0.493 e. The van der Waals surface area contributed by atoms with Crippen LogP contribution in [0.3, 0.4) is 0 Å². The lowest BCUT2D eigenvalue weighted by Crippen LogP contribution is -2.23. The summed E-state index contributed by atoms with van der Waals surface area (Å²) in [7, 11) is 1.66. The predicted octanol–water partition coefficient (Wildman–Crippen LogP) is 2.87. The Labute approximate surface area is 119 Å². The fraction of sp³-hybridized carbons (Fsp3) is 0.500. The Morgan fingerprint density at radius 1 is 1.30 bits per heavy atom. The second kappa shape index (κ2) is 6.18. The van der Waals surface area contributed by atoms with E-state index in [0.717, 1.165) is 36.1 Å². The highest BCUT2D eigenvalue weighted by Crippen LogP contribution is 2.41. The van der Waals surface area contributed by atoms with Gasteiger partial charge >= 0.3 is 0 Å². The van der Waals surface area contributed by atoms with E-state index in [0.29, 0.717) is 5.75 Å². The lowest BCUT2D eigenvalue weighted by atomic mass is 9.94. The zero-order valence-corrected chi connectivity index (χ0v) is 11.9. The summed E-state index contributed by atoms with van der Waals surface area (Å²) in [5, 5.41) is 3.53. The van der Waals surface area contributed by atoms with E-state index in [9.17, 15) is 0 Å². The highest BCUT2D eigenvalue weighted by Gasteiger charge is 2.20. The van der Waals surface area contributed by atoms with Crippen molar-refractivity contribution < 1.29 is 14.2 Å². The van der Waals surface area contributed by atoms with Gasteiger partial charge in [0.2, 0.25) is 12.5 Å². The normalized spacial score (nSPS) is 20.1. The molecule has 1 N–H and O–H groups in total. The van der Waals surface area contributed by atoms with Gasteiger partial charge in [-0.3, -0.25) is 0 Å². The maximum Gasteiger partial charge on any atom is 0.231 e. The number of hydrogen-bond donors (Lipinski definition) is 1. The van der Waals surface area contributed by atoms with Crippen LogP contribution in [0, 0.1) is 5.92 Å². The number of nitrogens with one attached hydrogen (secondary N) is 1. The molecule has 1 aromatic rings. The van der Waals surface area contributed by atoms with Crippen LogP contribution in [0.4, 0.5) is 0 Å². The summed E-state index contributed by atoms with van der Waals surface area (Å²) >= 11 is 0. The third-order valence-electron chi connectivity index (χ3n) is 3.86. The van der Waals surface area contributed by atoms with Crippen molar-refractivity contribution in [1.29, 1.82) is 0 Å². The topological polar surface area (TPSA) is 39.7 Å². The number of hydrogen-bond acceptors (Lipinski definition) is 4. The van der Waals surface area contributed by atoms with E-state index >= 15 is 0 Å². The van der Waals surface area contributed by atoms with Gasteiger partial charge in [0, 0.05) is 6.54 Å². The molecule has 0 saturated heterocycles. The third-order valence-corrected chi connectivity index (χ3v) is 3.86. The third kappa shape index (κ3) is 2.90. The SMILES string of the molecule is COc1cc(CNCC2CC=CCC2)cc2c1OCO2. The molecule has 0 aromatic heterocycles. The van der Waals surface area contributed by atoms with Crippen molar-refractivity contribution in [2.75, 3.05) is 20.4 Å². The van der Waals surface area contributed by atoms with Gasteiger partial charge in [-0.1, -0.05) is 12.2 Å². The molecule has 20 heavy (non-hydrogen) atoms. The summed E-state index contributed by atoms with van der Waals surface area (Å²) in [5.74, 6) is 3.00.